The number of halogens is 1. The third-order valence-corrected chi connectivity index (χ3v) is 2.33. The first-order valence-electron chi connectivity index (χ1n) is 5.43. The second-order valence-corrected chi connectivity index (χ2v) is 3.80. The Hall–Kier alpha value is -2.21. The molecule has 0 radical (unpaired) electrons. The van der Waals surface area contributed by atoms with Crippen LogP contribution < -0.4 is 11.1 Å². The van der Waals surface area contributed by atoms with Gasteiger partial charge in [0, 0.05) is 18.4 Å². The molecule has 0 fully saturated rings. The zero-order valence-electron chi connectivity index (χ0n) is 9.64. The number of anilines is 1. The number of hydrogen-bond acceptors (Lipinski definition) is 3. The molecule has 0 aliphatic heterocycles. The standard InChI is InChI=1S/C12H13FN4O/c13-9-2-1-3-10(4-9)16-12(18)7-17-6-11(5-14)15-8-17/h1-4,6,8H,5,7,14H2,(H,16,18). The number of nitrogens with one attached hydrogen (secondary N) is 1. The number of carbonyl (C=O) groups excluding carboxylic acids is 1. The van der Waals surface area contributed by atoms with Crippen LogP contribution in [0.1, 0.15) is 5.69 Å². The Morgan fingerprint density at radius 1 is 1.50 bits per heavy atom. The van der Waals surface area contributed by atoms with Gasteiger partial charge in [0.15, 0.2) is 0 Å². The summed E-state index contributed by atoms with van der Waals surface area (Å²) in [5, 5.41) is 2.60. The highest BCUT2D eigenvalue weighted by Gasteiger charge is 2.05. The Balaban J connectivity index is 1.96. The van der Waals surface area contributed by atoms with Crippen molar-refractivity contribution in [2.24, 2.45) is 5.73 Å². The van der Waals surface area contributed by atoms with Gasteiger partial charge in [-0.05, 0) is 18.2 Å². The van der Waals surface area contributed by atoms with Gasteiger partial charge in [-0.3, -0.25) is 4.79 Å². The fraction of sp³-hybridized carbons (Fsp3) is 0.167. The van der Waals surface area contributed by atoms with Gasteiger partial charge in [0.05, 0.1) is 12.0 Å². The van der Waals surface area contributed by atoms with Crippen LogP contribution in [0, 0.1) is 5.82 Å². The van der Waals surface area contributed by atoms with Crippen LogP contribution >= 0.6 is 0 Å². The Morgan fingerprint density at radius 2 is 2.33 bits per heavy atom. The predicted molar refractivity (Wildman–Crippen MR) is 65.1 cm³/mol. The van der Waals surface area contributed by atoms with Crippen molar-refractivity contribution in [3.63, 3.8) is 0 Å². The Labute approximate surface area is 103 Å². The molecule has 1 aromatic carbocycles. The van der Waals surface area contributed by atoms with Crippen LogP contribution in [0.2, 0.25) is 0 Å². The molecule has 18 heavy (non-hydrogen) atoms. The number of nitrogens with two attached hydrogens (primary N) is 1. The highest BCUT2D eigenvalue weighted by molar-refractivity contribution is 5.90. The van der Waals surface area contributed by atoms with Crippen LogP contribution in [0.4, 0.5) is 10.1 Å². The fourth-order valence-corrected chi connectivity index (χ4v) is 1.53. The van der Waals surface area contributed by atoms with E-state index in [0.29, 0.717) is 17.9 Å². The second-order valence-electron chi connectivity index (χ2n) is 3.80. The molecule has 0 atom stereocenters. The average molecular weight is 248 g/mol. The molecule has 94 valence electrons. The first kappa shape index (κ1) is 12.3. The maximum atomic E-state index is 12.9. The molecular weight excluding hydrogens is 235 g/mol. The van der Waals surface area contributed by atoms with Crippen molar-refractivity contribution < 1.29 is 9.18 Å². The molecule has 0 unspecified atom stereocenters. The quantitative estimate of drug-likeness (QED) is 0.851. The first-order chi connectivity index (χ1) is 8.67. The third kappa shape index (κ3) is 3.14. The Morgan fingerprint density at radius 3 is 3.00 bits per heavy atom. The van der Waals surface area contributed by atoms with Gasteiger partial charge in [-0.15, -0.1) is 0 Å². The van der Waals surface area contributed by atoms with Gasteiger partial charge in [0.25, 0.3) is 0 Å². The molecule has 1 heterocycles. The van der Waals surface area contributed by atoms with E-state index in [0.717, 1.165) is 0 Å². The molecular formula is C12H13FN4O. The summed E-state index contributed by atoms with van der Waals surface area (Å²) in [4.78, 5) is 15.7. The lowest BCUT2D eigenvalue weighted by Crippen LogP contribution is -2.17. The van der Waals surface area contributed by atoms with Gasteiger partial charge < -0.3 is 15.6 Å². The van der Waals surface area contributed by atoms with E-state index in [1.165, 1.54) is 24.5 Å². The maximum absolute atomic E-state index is 12.9. The molecule has 0 aliphatic carbocycles. The minimum absolute atomic E-state index is 0.115. The van der Waals surface area contributed by atoms with Gasteiger partial charge in [0.2, 0.25) is 5.91 Å². The van der Waals surface area contributed by atoms with Crippen molar-refractivity contribution in [3.05, 3.63) is 48.3 Å². The number of imidazole rings is 1. The van der Waals surface area contributed by atoms with E-state index in [1.807, 2.05) is 0 Å². The van der Waals surface area contributed by atoms with Crippen LogP contribution in [0.25, 0.3) is 0 Å². The molecule has 1 aromatic heterocycles. The SMILES string of the molecule is NCc1cn(CC(=O)Nc2cccc(F)c2)cn1. The van der Waals surface area contributed by atoms with E-state index in [4.69, 9.17) is 5.73 Å². The monoisotopic (exact) mass is 248 g/mol. The van der Waals surface area contributed by atoms with E-state index in [2.05, 4.69) is 10.3 Å². The summed E-state index contributed by atoms with van der Waals surface area (Å²) in [5.41, 5.74) is 6.56. The fourth-order valence-electron chi connectivity index (χ4n) is 1.53. The number of rotatable bonds is 4. The molecule has 0 aliphatic rings. The molecule has 5 nitrogen and oxygen atoms in total. The number of hydrogen-bond donors (Lipinski definition) is 2. The molecule has 2 rings (SSSR count). The third-order valence-electron chi connectivity index (χ3n) is 2.33. The summed E-state index contributed by atoms with van der Waals surface area (Å²) < 4.78 is 14.5. The smallest absolute Gasteiger partial charge is 0.244 e. The van der Waals surface area contributed by atoms with E-state index in [-0.39, 0.29) is 18.3 Å². The summed E-state index contributed by atoms with van der Waals surface area (Å²) in [6.07, 6.45) is 3.23. The van der Waals surface area contributed by atoms with Crippen molar-refractivity contribution in [2.45, 2.75) is 13.1 Å². The molecule has 6 heteroatoms. The van der Waals surface area contributed by atoms with Gasteiger partial charge in [-0.1, -0.05) is 6.07 Å². The minimum Gasteiger partial charge on any atom is -0.328 e. The van der Waals surface area contributed by atoms with E-state index in [9.17, 15) is 9.18 Å². The topological polar surface area (TPSA) is 72.9 Å². The summed E-state index contributed by atoms with van der Waals surface area (Å²) in [7, 11) is 0. The van der Waals surface area contributed by atoms with Crippen LogP contribution in [-0.4, -0.2) is 15.5 Å². The maximum Gasteiger partial charge on any atom is 0.244 e. The minimum atomic E-state index is -0.388. The van der Waals surface area contributed by atoms with Crippen molar-refractivity contribution >= 4 is 11.6 Å². The largest absolute Gasteiger partial charge is 0.328 e. The van der Waals surface area contributed by atoms with E-state index < -0.39 is 0 Å². The molecule has 0 bridgehead atoms. The lowest BCUT2D eigenvalue weighted by molar-refractivity contribution is -0.116. The zero-order valence-corrected chi connectivity index (χ0v) is 9.64. The summed E-state index contributed by atoms with van der Waals surface area (Å²) in [5.74, 6) is -0.637. The van der Waals surface area contributed by atoms with Gasteiger partial charge in [0.1, 0.15) is 12.4 Å². The lowest BCUT2D eigenvalue weighted by atomic mass is 10.3. The Bertz CT molecular complexity index is 553. The molecule has 0 saturated heterocycles. The summed E-state index contributed by atoms with van der Waals surface area (Å²) in [6, 6.07) is 5.74. The van der Waals surface area contributed by atoms with Crippen LogP contribution in [0.15, 0.2) is 36.8 Å². The van der Waals surface area contributed by atoms with Crippen molar-refractivity contribution in [1.82, 2.24) is 9.55 Å². The van der Waals surface area contributed by atoms with Crippen molar-refractivity contribution in [1.29, 1.82) is 0 Å². The van der Waals surface area contributed by atoms with Crippen molar-refractivity contribution in [3.8, 4) is 0 Å². The Kier molecular flexibility index (Phi) is 3.69. The molecule has 1 amide bonds. The van der Waals surface area contributed by atoms with Crippen molar-refractivity contribution in [2.75, 3.05) is 5.32 Å². The lowest BCUT2D eigenvalue weighted by Gasteiger charge is -2.05. The van der Waals surface area contributed by atoms with Crippen LogP contribution in [0.5, 0.6) is 0 Å². The molecule has 2 aromatic rings. The van der Waals surface area contributed by atoms with Crippen LogP contribution in [-0.2, 0) is 17.9 Å². The highest BCUT2D eigenvalue weighted by Crippen LogP contribution is 2.09. The zero-order chi connectivity index (χ0) is 13.0. The molecule has 0 spiro atoms. The number of amides is 1. The predicted octanol–water partition coefficient (Wildman–Crippen LogP) is 1.12. The number of aromatic nitrogens is 2. The van der Waals surface area contributed by atoms with Crippen LogP contribution in [0.3, 0.4) is 0 Å². The van der Waals surface area contributed by atoms with E-state index in [1.54, 1.807) is 16.8 Å². The number of nitrogens with zero attached hydrogens (tertiary/aromatic N) is 2. The second kappa shape index (κ2) is 5.42. The van der Waals surface area contributed by atoms with Gasteiger partial charge in [-0.25, -0.2) is 9.37 Å². The van der Waals surface area contributed by atoms with E-state index >= 15 is 0 Å². The normalized spacial score (nSPS) is 10.3. The first-order valence-corrected chi connectivity index (χ1v) is 5.43. The average Bonchev–Trinajstić information content (AvgIpc) is 2.76. The molecule has 3 N–H and O–H groups in total. The van der Waals surface area contributed by atoms with Gasteiger partial charge in [-0.2, -0.15) is 0 Å². The summed E-state index contributed by atoms with van der Waals surface area (Å²) >= 11 is 0. The van der Waals surface area contributed by atoms with Gasteiger partial charge >= 0.3 is 0 Å². The molecule has 0 saturated carbocycles. The summed E-state index contributed by atoms with van der Waals surface area (Å²) in [6.45, 7) is 0.446. The number of carbonyl (C=O) groups is 1. The highest BCUT2D eigenvalue weighted by atomic mass is 19.1. The number of benzene rings is 1.